The Morgan fingerprint density at radius 3 is 2.06 bits per heavy atom. The van der Waals surface area contributed by atoms with Gasteiger partial charge in [-0.05, 0) is 54.7 Å². The second-order valence-corrected chi connectivity index (χ2v) is 4.40. The topological polar surface area (TPSA) is 40.5 Å². The fraction of sp³-hybridized carbons (Fsp3) is 0.200. The van der Waals surface area contributed by atoms with Crippen molar-refractivity contribution in [3.8, 4) is 22.6 Å². The molecule has 0 atom stereocenters. The van der Waals surface area contributed by atoms with Crippen molar-refractivity contribution in [3.05, 3.63) is 47.0 Å². The Morgan fingerprint density at radius 1 is 0.882 bits per heavy atom. The minimum Gasteiger partial charge on any atom is -0.508 e. The van der Waals surface area contributed by atoms with Crippen LogP contribution in [0.15, 0.2) is 30.3 Å². The Hall–Kier alpha value is -1.96. The second kappa shape index (κ2) is 4.13. The van der Waals surface area contributed by atoms with Crippen molar-refractivity contribution in [1.29, 1.82) is 0 Å². The van der Waals surface area contributed by atoms with Crippen LogP contribution in [0.4, 0.5) is 0 Å². The van der Waals surface area contributed by atoms with E-state index >= 15 is 0 Å². The van der Waals surface area contributed by atoms with Crippen LogP contribution in [-0.4, -0.2) is 10.2 Å². The second-order valence-electron chi connectivity index (χ2n) is 4.40. The molecule has 0 saturated carbocycles. The van der Waals surface area contributed by atoms with E-state index < -0.39 is 0 Å². The molecule has 2 heteroatoms. The first-order valence-corrected chi connectivity index (χ1v) is 5.60. The van der Waals surface area contributed by atoms with Crippen LogP contribution in [0.1, 0.15) is 16.7 Å². The van der Waals surface area contributed by atoms with Gasteiger partial charge in [-0.3, -0.25) is 0 Å². The molecule has 2 nitrogen and oxygen atoms in total. The van der Waals surface area contributed by atoms with E-state index in [1.54, 1.807) is 6.07 Å². The SMILES string of the molecule is Cc1cccc(C)c1-c1cc(O)cc(O)c1C. The van der Waals surface area contributed by atoms with Gasteiger partial charge in [0.25, 0.3) is 0 Å². The lowest BCUT2D eigenvalue weighted by molar-refractivity contribution is 0.448. The smallest absolute Gasteiger partial charge is 0.122 e. The zero-order valence-corrected chi connectivity index (χ0v) is 10.3. The highest BCUT2D eigenvalue weighted by Gasteiger charge is 2.12. The fourth-order valence-electron chi connectivity index (χ4n) is 2.18. The number of aryl methyl sites for hydroxylation is 2. The number of hydrogen-bond acceptors (Lipinski definition) is 2. The number of rotatable bonds is 1. The van der Waals surface area contributed by atoms with Crippen molar-refractivity contribution >= 4 is 0 Å². The lowest BCUT2D eigenvalue weighted by Crippen LogP contribution is -1.91. The van der Waals surface area contributed by atoms with E-state index in [0.717, 1.165) is 27.8 Å². The van der Waals surface area contributed by atoms with Gasteiger partial charge in [-0.25, -0.2) is 0 Å². The third-order valence-corrected chi connectivity index (χ3v) is 3.12. The van der Waals surface area contributed by atoms with Crippen LogP contribution in [0.25, 0.3) is 11.1 Å². The molecule has 2 aromatic carbocycles. The first-order valence-electron chi connectivity index (χ1n) is 5.60. The third-order valence-electron chi connectivity index (χ3n) is 3.12. The van der Waals surface area contributed by atoms with Gasteiger partial charge in [0.05, 0.1) is 0 Å². The van der Waals surface area contributed by atoms with Crippen molar-refractivity contribution in [3.63, 3.8) is 0 Å². The monoisotopic (exact) mass is 228 g/mol. The Morgan fingerprint density at radius 2 is 1.47 bits per heavy atom. The summed E-state index contributed by atoms with van der Waals surface area (Å²) in [6, 6.07) is 9.13. The summed E-state index contributed by atoms with van der Waals surface area (Å²) in [5.74, 6) is 0.216. The highest BCUT2D eigenvalue weighted by Crippen LogP contribution is 2.36. The van der Waals surface area contributed by atoms with Gasteiger partial charge in [-0.2, -0.15) is 0 Å². The number of benzene rings is 2. The van der Waals surface area contributed by atoms with Crippen LogP contribution in [0, 0.1) is 20.8 Å². The van der Waals surface area contributed by atoms with E-state index in [-0.39, 0.29) is 11.5 Å². The maximum absolute atomic E-state index is 9.76. The molecular formula is C15H16O2. The van der Waals surface area contributed by atoms with Crippen molar-refractivity contribution in [2.24, 2.45) is 0 Å². The van der Waals surface area contributed by atoms with Crippen LogP contribution >= 0.6 is 0 Å². The zero-order valence-electron chi connectivity index (χ0n) is 10.3. The zero-order chi connectivity index (χ0) is 12.6. The molecule has 0 aromatic heterocycles. The van der Waals surface area contributed by atoms with E-state index in [1.807, 2.05) is 39.0 Å². The van der Waals surface area contributed by atoms with Gasteiger partial charge in [-0.15, -0.1) is 0 Å². The molecule has 0 aliphatic rings. The minimum absolute atomic E-state index is 0.0887. The van der Waals surface area contributed by atoms with Gasteiger partial charge in [0, 0.05) is 6.07 Å². The average Bonchev–Trinajstić information content (AvgIpc) is 2.24. The molecule has 0 aliphatic heterocycles. The summed E-state index contributed by atoms with van der Waals surface area (Å²) in [5, 5.41) is 19.4. The van der Waals surface area contributed by atoms with Crippen molar-refractivity contribution in [2.45, 2.75) is 20.8 Å². The molecule has 88 valence electrons. The predicted molar refractivity (Wildman–Crippen MR) is 69.4 cm³/mol. The standard InChI is InChI=1S/C15H16O2/c1-9-5-4-6-10(2)15(9)13-7-12(16)8-14(17)11(13)3/h4-8,16-17H,1-3H3. The quantitative estimate of drug-likeness (QED) is 0.781. The summed E-state index contributed by atoms with van der Waals surface area (Å²) in [7, 11) is 0. The van der Waals surface area contributed by atoms with E-state index in [9.17, 15) is 10.2 Å². The Bertz CT molecular complexity index is 551. The molecular weight excluding hydrogens is 212 g/mol. The van der Waals surface area contributed by atoms with E-state index in [4.69, 9.17) is 0 Å². The maximum atomic E-state index is 9.76. The molecule has 0 amide bonds. The summed E-state index contributed by atoms with van der Waals surface area (Å²) in [6.07, 6.45) is 0. The average molecular weight is 228 g/mol. The minimum atomic E-state index is 0.0887. The number of phenols is 2. The van der Waals surface area contributed by atoms with Crippen molar-refractivity contribution < 1.29 is 10.2 Å². The van der Waals surface area contributed by atoms with E-state index in [0.29, 0.717) is 0 Å². The summed E-state index contributed by atoms with van der Waals surface area (Å²) in [4.78, 5) is 0. The molecule has 0 spiro atoms. The molecule has 0 radical (unpaired) electrons. The molecule has 0 heterocycles. The maximum Gasteiger partial charge on any atom is 0.122 e. The van der Waals surface area contributed by atoms with Gasteiger partial charge < -0.3 is 10.2 Å². The molecule has 2 aromatic rings. The van der Waals surface area contributed by atoms with Crippen molar-refractivity contribution in [1.82, 2.24) is 0 Å². The lowest BCUT2D eigenvalue weighted by Gasteiger charge is -2.14. The number of hydrogen-bond donors (Lipinski definition) is 2. The molecule has 2 N–H and O–H groups in total. The van der Waals surface area contributed by atoms with Crippen LogP contribution in [-0.2, 0) is 0 Å². The van der Waals surface area contributed by atoms with Gasteiger partial charge in [-0.1, -0.05) is 18.2 Å². The largest absolute Gasteiger partial charge is 0.508 e. The molecule has 0 fully saturated rings. The molecule has 0 saturated heterocycles. The molecule has 2 rings (SSSR count). The number of phenolic OH excluding ortho intramolecular Hbond substituents is 2. The first-order chi connectivity index (χ1) is 8.00. The Labute approximate surface area is 101 Å². The predicted octanol–water partition coefficient (Wildman–Crippen LogP) is 3.69. The van der Waals surface area contributed by atoms with Gasteiger partial charge in [0.15, 0.2) is 0 Å². The number of aromatic hydroxyl groups is 2. The fourth-order valence-corrected chi connectivity index (χ4v) is 2.18. The Kier molecular flexibility index (Phi) is 2.80. The molecule has 17 heavy (non-hydrogen) atoms. The lowest BCUT2D eigenvalue weighted by atomic mass is 9.92. The van der Waals surface area contributed by atoms with Crippen LogP contribution in [0.5, 0.6) is 11.5 Å². The molecule has 0 aliphatic carbocycles. The first kappa shape index (κ1) is 11.5. The van der Waals surface area contributed by atoms with Crippen LogP contribution in [0.2, 0.25) is 0 Å². The van der Waals surface area contributed by atoms with E-state index in [2.05, 4.69) is 0 Å². The normalized spacial score (nSPS) is 10.5. The van der Waals surface area contributed by atoms with Crippen LogP contribution in [0.3, 0.4) is 0 Å². The third kappa shape index (κ3) is 1.98. The molecule has 0 bridgehead atoms. The summed E-state index contributed by atoms with van der Waals surface area (Å²) in [5.41, 5.74) is 5.03. The van der Waals surface area contributed by atoms with Gasteiger partial charge >= 0.3 is 0 Å². The van der Waals surface area contributed by atoms with Gasteiger partial charge in [0.1, 0.15) is 11.5 Å². The van der Waals surface area contributed by atoms with E-state index in [1.165, 1.54) is 6.07 Å². The molecule has 0 unspecified atom stereocenters. The van der Waals surface area contributed by atoms with Gasteiger partial charge in [0.2, 0.25) is 0 Å². The summed E-state index contributed by atoms with van der Waals surface area (Å²) < 4.78 is 0. The van der Waals surface area contributed by atoms with Crippen molar-refractivity contribution in [2.75, 3.05) is 0 Å². The highest BCUT2D eigenvalue weighted by molar-refractivity contribution is 5.76. The Balaban J connectivity index is 2.77. The highest BCUT2D eigenvalue weighted by atomic mass is 16.3. The van der Waals surface area contributed by atoms with Crippen LogP contribution < -0.4 is 0 Å². The summed E-state index contributed by atoms with van der Waals surface area (Å²) in [6.45, 7) is 5.92. The summed E-state index contributed by atoms with van der Waals surface area (Å²) >= 11 is 0.